The number of hydrogen-bond acceptors (Lipinski definition) is 3. The van der Waals surface area contributed by atoms with E-state index in [0.717, 1.165) is 42.1 Å². The minimum absolute atomic E-state index is 0. The van der Waals surface area contributed by atoms with Crippen LogP contribution in [-0.2, 0) is 29.0 Å². The third-order valence-corrected chi connectivity index (χ3v) is 6.83. The summed E-state index contributed by atoms with van der Waals surface area (Å²) in [5.41, 5.74) is 4.49. The first-order chi connectivity index (χ1) is 15.7. The van der Waals surface area contributed by atoms with Gasteiger partial charge in [-0.25, -0.2) is 0 Å². The zero-order chi connectivity index (χ0) is 21.9. The van der Waals surface area contributed by atoms with E-state index in [-0.39, 0.29) is 36.3 Å². The van der Waals surface area contributed by atoms with Crippen molar-refractivity contribution < 1.29 is 9.59 Å². The first-order valence-corrected chi connectivity index (χ1v) is 11.6. The van der Waals surface area contributed by atoms with Crippen LogP contribution < -0.4 is 16.0 Å². The van der Waals surface area contributed by atoms with E-state index in [1.807, 2.05) is 36.5 Å². The monoisotopic (exact) mass is 466 g/mol. The van der Waals surface area contributed by atoms with Crippen molar-refractivity contribution in [1.29, 1.82) is 0 Å². The number of para-hydroxylation sites is 1. The molecule has 0 saturated heterocycles. The summed E-state index contributed by atoms with van der Waals surface area (Å²) in [6.45, 7) is 0.662. The maximum absolute atomic E-state index is 13.2. The van der Waals surface area contributed by atoms with E-state index in [2.05, 4.69) is 39.1 Å². The van der Waals surface area contributed by atoms with Gasteiger partial charge in [0.1, 0.15) is 6.04 Å². The lowest BCUT2D eigenvalue weighted by Crippen LogP contribution is -2.55. The number of aromatic amines is 1. The number of amides is 2. The van der Waals surface area contributed by atoms with Crippen LogP contribution in [0.3, 0.4) is 0 Å². The summed E-state index contributed by atoms with van der Waals surface area (Å²) in [5.74, 6) is -0.211. The van der Waals surface area contributed by atoms with E-state index < -0.39 is 6.04 Å². The van der Waals surface area contributed by atoms with Crippen molar-refractivity contribution in [3.05, 3.63) is 71.4 Å². The predicted octanol–water partition coefficient (Wildman–Crippen LogP) is 3.39. The molecule has 1 aliphatic heterocycles. The number of H-pyrrole nitrogens is 1. The minimum atomic E-state index is -0.610. The van der Waals surface area contributed by atoms with E-state index >= 15 is 0 Å². The smallest absolute Gasteiger partial charge is 0.243 e. The van der Waals surface area contributed by atoms with Gasteiger partial charge in [-0.1, -0.05) is 55.3 Å². The molecule has 2 aromatic carbocycles. The van der Waals surface area contributed by atoms with Gasteiger partial charge in [-0.05, 0) is 42.0 Å². The van der Waals surface area contributed by atoms with Crippen LogP contribution in [0.25, 0.3) is 10.9 Å². The van der Waals surface area contributed by atoms with Gasteiger partial charge >= 0.3 is 0 Å². The van der Waals surface area contributed by atoms with Crippen molar-refractivity contribution in [1.82, 2.24) is 20.9 Å². The third kappa shape index (κ3) is 5.23. The molecule has 1 saturated carbocycles. The molecule has 0 radical (unpaired) electrons. The number of halogens is 1. The topological polar surface area (TPSA) is 86.0 Å². The summed E-state index contributed by atoms with van der Waals surface area (Å²) in [6.07, 6.45) is 7.36. The second-order valence-electron chi connectivity index (χ2n) is 9.02. The van der Waals surface area contributed by atoms with Gasteiger partial charge in [0.2, 0.25) is 11.8 Å². The molecule has 2 unspecified atom stereocenters. The Kier molecular flexibility index (Phi) is 7.36. The standard InChI is InChI=1S/C26H30N4O2.ClH/c31-25(23-13-17-7-1-2-8-18(17)15-28-23)30-24(26(32)29-20-9-3-4-10-20)14-19-16-27-22-12-6-5-11-21(19)22;/h1-2,5-8,11-12,16,20,23-24,27-28H,3-4,9-10,13-15H2,(H,29,32)(H,30,31);1H. The average molecular weight is 467 g/mol. The fourth-order valence-electron chi connectivity index (χ4n) is 5.01. The van der Waals surface area contributed by atoms with Gasteiger partial charge in [-0.3, -0.25) is 9.59 Å². The second kappa shape index (κ2) is 10.4. The van der Waals surface area contributed by atoms with Crippen molar-refractivity contribution in [2.45, 2.75) is 63.2 Å². The van der Waals surface area contributed by atoms with Gasteiger partial charge in [-0.2, -0.15) is 0 Å². The van der Waals surface area contributed by atoms with Crippen LogP contribution in [-0.4, -0.2) is 34.9 Å². The van der Waals surface area contributed by atoms with E-state index in [9.17, 15) is 9.59 Å². The highest BCUT2D eigenvalue weighted by atomic mass is 35.5. The van der Waals surface area contributed by atoms with Crippen LogP contribution in [0.15, 0.2) is 54.7 Å². The molecule has 3 aromatic rings. The van der Waals surface area contributed by atoms with E-state index in [1.54, 1.807) is 0 Å². The quantitative estimate of drug-likeness (QED) is 0.449. The van der Waals surface area contributed by atoms with E-state index in [1.165, 1.54) is 11.1 Å². The molecule has 174 valence electrons. The van der Waals surface area contributed by atoms with Crippen molar-refractivity contribution in [3.63, 3.8) is 0 Å². The lowest BCUT2D eigenvalue weighted by atomic mass is 9.95. The number of aromatic nitrogens is 1. The highest BCUT2D eigenvalue weighted by molar-refractivity contribution is 5.91. The Labute approximate surface area is 200 Å². The maximum atomic E-state index is 13.2. The van der Waals surface area contributed by atoms with Gasteiger partial charge in [0.05, 0.1) is 6.04 Å². The Hall–Kier alpha value is -2.83. The van der Waals surface area contributed by atoms with Crippen LogP contribution in [0.1, 0.15) is 42.4 Å². The number of carbonyl (C=O) groups excluding carboxylic acids is 2. The molecule has 2 heterocycles. The molecule has 5 rings (SSSR count). The number of carbonyl (C=O) groups is 2. The molecule has 2 aliphatic rings. The van der Waals surface area contributed by atoms with Crippen molar-refractivity contribution in [2.75, 3.05) is 0 Å². The molecule has 4 N–H and O–H groups in total. The zero-order valence-electron chi connectivity index (χ0n) is 18.6. The molecule has 0 bridgehead atoms. The van der Waals surface area contributed by atoms with Crippen LogP contribution in [0, 0.1) is 0 Å². The molecular weight excluding hydrogens is 436 g/mol. The first-order valence-electron chi connectivity index (χ1n) is 11.6. The molecule has 2 atom stereocenters. The molecule has 1 fully saturated rings. The summed E-state index contributed by atoms with van der Waals surface area (Å²) in [7, 11) is 0. The highest BCUT2D eigenvalue weighted by Gasteiger charge is 2.30. The van der Waals surface area contributed by atoms with Crippen LogP contribution in [0.5, 0.6) is 0 Å². The largest absolute Gasteiger partial charge is 0.361 e. The van der Waals surface area contributed by atoms with Crippen LogP contribution in [0.4, 0.5) is 0 Å². The zero-order valence-corrected chi connectivity index (χ0v) is 19.4. The summed E-state index contributed by atoms with van der Waals surface area (Å²) in [5, 5.41) is 10.7. The van der Waals surface area contributed by atoms with Gasteiger partial charge in [0, 0.05) is 36.1 Å². The molecule has 2 amide bonds. The molecule has 33 heavy (non-hydrogen) atoms. The van der Waals surface area contributed by atoms with Gasteiger partial charge in [-0.15, -0.1) is 12.4 Å². The number of benzene rings is 2. The normalized spacial score (nSPS) is 18.8. The number of rotatable bonds is 6. The molecule has 1 aromatic heterocycles. The van der Waals surface area contributed by atoms with Crippen LogP contribution >= 0.6 is 12.4 Å². The third-order valence-electron chi connectivity index (χ3n) is 6.83. The van der Waals surface area contributed by atoms with Crippen molar-refractivity contribution in [2.24, 2.45) is 0 Å². The highest BCUT2D eigenvalue weighted by Crippen LogP contribution is 2.21. The van der Waals surface area contributed by atoms with Gasteiger partial charge < -0.3 is 20.9 Å². The second-order valence-corrected chi connectivity index (χ2v) is 9.02. The molecular formula is C26H31ClN4O2. The molecule has 1 aliphatic carbocycles. The van der Waals surface area contributed by atoms with Crippen molar-refractivity contribution >= 4 is 35.1 Å². The summed E-state index contributed by atoms with van der Waals surface area (Å²) < 4.78 is 0. The molecule has 6 nitrogen and oxygen atoms in total. The lowest BCUT2D eigenvalue weighted by molar-refractivity contribution is -0.130. The summed E-state index contributed by atoms with van der Waals surface area (Å²) in [6, 6.07) is 15.5. The Morgan fingerprint density at radius 1 is 1.00 bits per heavy atom. The predicted molar refractivity (Wildman–Crippen MR) is 132 cm³/mol. The fourth-order valence-corrected chi connectivity index (χ4v) is 5.01. The van der Waals surface area contributed by atoms with Crippen LogP contribution in [0.2, 0.25) is 0 Å². The fraction of sp³-hybridized carbons (Fsp3) is 0.385. The number of nitrogens with one attached hydrogen (secondary N) is 4. The Balaban J connectivity index is 0.00000259. The lowest BCUT2D eigenvalue weighted by Gasteiger charge is -2.28. The average Bonchev–Trinajstić information content (AvgIpc) is 3.48. The number of hydrogen-bond donors (Lipinski definition) is 4. The Morgan fingerprint density at radius 3 is 2.55 bits per heavy atom. The Morgan fingerprint density at radius 2 is 1.73 bits per heavy atom. The molecule has 7 heteroatoms. The Bertz CT molecular complexity index is 1120. The van der Waals surface area contributed by atoms with E-state index in [0.29, 0.717) is 19.4 Å². The van der Waals surface area contributed by atoms with Gasteiger partial charge in [0.15, 0.2) is 0 Å². The van der Waals surface area contributed by atoms with E-state index in [4.69, 9.17) is 0 Å². The SMILES string of the molecule is Cl.O=C(NC(Cc1c[nH]c2ccccc12)C(=O)NC1CCCC1)C1Cc2ccccc2CN1. The number of fused-ring (bicyclic) bond motifs is 2. The summed E-state index contributed by atoms with van der Waals surface area (Å²) in [4.78, 5) is 29.7. The van der Waals surface area contributed by atoms with Crippen molar-refractivity contribution in [3.8, 4) is 0 Å². The minimum Gasteiger partial charge on any atom is -0.361 e. The summed E-state index contributed by atoms with van der Waals surface area (Å²) >= 11 is 0. The first kappa shape index (κ1) is 23.3. The van der Waals surface area contributed by atoms with Gasteiger partial charge in [0.25, 0.3) is 0 Å². The molecule has 0 spiro atoms. The maximum Gasteiger partial charge on any atom is 0.243 e.